The summed E-state index contributed by atoms with van der Waals surface area (Å²) in [6, 6.07) is 0.334. The smallest absolute Gasteiger partial charge is 0.0417 e. The van der Waals surface area contributed by atoms with E-state index < -0.39 is 0 Å². The molecule has 0 aliphatic heterocycles. The second kappa shape index (κ2) is 3.88. The number of nitrogens with two attached hydrogens (primary N) is 1. The molecule has 1 saturated carbocycles. The van der Waals surface area contributed by atoms with E-state index >= 15 is 0 Å². The van der Waals surface area contributed by atoms with Gasteiger partial charge < -0.3 is 0 Å². The lowest BCUT2D eigenvalue weighted by Gasteiger charge is -2.29. The summed E-state index contributed by atoms with van der Waals surface area (Å²) < 4.78 is 0. The van der Waals surface area contributed by atoms with Crippen molar-refractivity contribution in [2.75, 3.05) is 0 Å². The zero-order chi connectivity index (χ0) is 8.27. The van der Waals surface area contributed by atoms with Gasteiger partial charge in [-0.1, -0.05) is 31.4 Å². The fraction of sp³-hybridized carbons (Fsp3) is 0.778. The van der Waals surface area contributed by atoms with Crippen molar-refractivity contribution in [2.45, 2.75) is 38.6 Å². The van der Waals surface area contributed by atoms with Gasteiger partial charge >= 0.3 is 0 Å². The van der Waals surface area contributed by atoms with Gasteiger partial charge in [0.25, 0.3) is 0 Å². The van der Waals surface area contributed by atoms with E-state index in [4.69, 9.17) is 5.84 Å². The highest BCUT2D eigenvalue weighted by atomic mass is 15.2. The number of rotatable bonds is 4. The van der Waals surface area contributed by atoms with E-state index in [1.165, 1.54) is 25.7 Å². The first-order valence-electron chi connectivity index (χ1n) is 4.35. The number of hydrogen-bond donors (Lipinski definition) is 2. The van der Waals surface area contributed by atoms with E-state index in [0.717, 1.165) is 11.5 Å². The normalized spacial score (nSPS) is 20.9. The van der Waals surface area contributed by atoms with Gasteiger partial charge in [0, 0.05) is 6.04 Å². The lowest BCUT2D eigenvalue weighted by Crippen LogP contribution is -2.38. The van der Waals surface area contributed by atoms with Crippen LogP contribution in [0.1, 0.15) is 32.6 Å². The summed E-state index contributed by atoms with van der Waals surface area (Å²) in [4.78, 5) is 0. The van der Waals surface area contributed by atoms with E-state index in [-0.39, 0.29) is 0 Å². The quantitative estimate of drug-likeness (QED) is 0.366. The van der Waals surface area contributed by atoms with Gasteiger partial charge in [-0.05, 0) is 19.3 Å². The van der Waals surface area contributed by atoms with Crippen LogP contribution in [0.25, 0.3) is 0 Å². The number of hydrogen-bond acceptors (Lipinski definition) is 2. The maximum atomic E-state index is 5.39. The van der Waals surface area contributed by atoms with E-state index in [1.807, 2.05) is 6.92 Å². The van der Waals surface area contributed by atoms with Gasteiger partial charge in [-0.25, -0.2) is 0 Å². The van der Waals surface area contributed by atoms with Crippen molar-refractivity contribution in [3.05, 3.63) is 12.2 Å². The molecule has 0 aromatic carbocycles. The molecule has 0 heterocycles. The molecule has 0 saturated heterocycles. The van der Waals surface area contributed by atoms with Crippen LogP contribution in [0.2, 0.25) is 0 Å². The van der Waals surface area contributed by atoms with Crippen molar-refractivity contribution in [3.63, 3.8) is 0 Å². The van der Waals surface area contributed by atoms with Gasteiger partial charge in [-0.15, -0.1) is 0 Å². The molecule has 1 fully saturated rings. The van der Waals surface area contributed by atoms with E-state index in [1.54, 1.807) is 0 Å². The van der Waals surface area contributed by atoms with Crippen LogP contribution in [0.3, 0.4) is 0 Å². The predicted octanol–water partition coefficient (Wildman–Crippen LogP) is 1.58. The Hall–Kier alpha value is -0.340. The first-order valence-corrected chi connectivity index (χ1v) is 4.35. The van der Waals surface area contributed by atoms with Gasteiger partial charge in [0.1, 0.15) is 0 Å². The maximum Gasteiger partial charge on any atom is 0.0417 e. The van der Waals surface area contributed by atoms with Crippen LogP contribution >= 0.6 is 0 Å². The Balaban J connectivity index is 2.24. The van der Waals surface area contributed by atoms with Crippen molar-refractivity contribution in [1.29, 1.82) is 0 Å². The minimum atomic E-state index is 0.334. The van der Waals surface area contributed by atoms with Crippen LogP contribution in [0.4, 0.5) is 0 Å². The van der Waals surface area contributed by atoms with Crippen LogP contribution in [0.15, 0.2) is 12.2 Å². The van der Waals surface area contributed by atoms with Gasteiger partial charge in [-0.3, -0.25) is 11.3 Å². The molecular weight excluding hydrogens is 136 g/mol. The molecule has 1 rings (SSSR count). The molecule has 0 amide bonds. The molecule has 11 heavy (non-hydrogen) atoms. The monoisotopic (exact) mass is 154 g/mol. The Morgan fingerprint density at radius 2 is 2.36 bits per heavy atom. The SMILES string of the molecule is C=C(C)C(CC1CCC1)NN. The zero-order valence-electron chi connectivity index (χ0n) is 7.27. The fourth-order valence-electron chi connectivity index (χ4n) is 1.47. The third-order valence-corrected chi connectivity index (χ3v) is 2.59. The minimum Gasteiger partial charge on any atom is -0.271 e. The molecule has 0 radical (unpaired) electrons. The summed E-state index contributed by atoms with van der Waals surface area (Å²) in [6.07, 6.45) is 5.33. The zero-order valence-corrected chi connectivity index (χ0v) is 7.27. The van der Waals surface area contributed by atoms with Crippen molar-refractivity contribution in [1.82, 2.24) is 5.43 Å². The predicted molar refractivity (Wildman–Crippen MR) is 47.9 cm³/mol. The van der Waals surface area contributed by atoms with E-state index in [9.17, 15) is 0 Å². The van der Waals surface area contributed by atoms with Crippen LogP contribution in [-0.4, -0.2) is 6.04 Å². The molecule has 2 nitrogen and oxygen atoms in total. The molecule has 3 N–H and O–H groups in total. The van der Waals surface area contributed by atoms with Crippen molar-refractivity contribution in [3.8, 4) is 0 Å². The Morgan fingerprint density at radius 1 is 1.73 bits per heavy atom. The average molecular weight is 154 g/mol. The molecule has 0 aromatic rings. The van der Waals surface area contributed by atoms with Crippen LogP contribution in [-0.2, 0) is 0 Å². The van der Waals surface area contributed by atoms with Crippen LogP contribution in [0, 0.1) is 5.92 Å². The summed E-state index contributed by atoms with van der Waals surface area (Å²) in [7, 11) is 0. The Labute approximate surface area is 68.8 Å². The summed E-state index contributed by atoms with van der Waals surface area (Å²) >= 11 is 0. The third kappa shape index (κ3) is 2.31. The minimum absolute atomic E-state index is 0.334. The summed E-state index contributed by atoms with van der Waals surface area (Å²) in [5.41, 5.74) is 3.95. The summed E-state index contributed by atoms with van der Waals surface area (Å²) in [5.74, 6) is 6.29. The number of hydrazine groups is 1. The molecule has 64 valence electrons. The van der Waals surface area contributed by atoms with Crippen molar-refractivity contribution >= 4 is 0 Å². The Morgan fingerprint density at radius 3 is 2.64 bits per heavy atom. The molecular formula is C9H18N2. The van der Waals surface area contributed by atoms with Gasteiger partial charge in [-0.2, -0.15) is 0 Å². The molecule has 1 aliphatic rings. The third-order valence-electron chi connectivity index (χ3n) is 2.59. The van der Waals surface area contributed by atoms with Gasteiger partial charge in [0.05, 0.1) is 0 Å². The highest BCUT2D eigenvalue weighted by Gasteiger charge is 2.21. The maximum absolute atomic E-state index is 5.39. The van der Waals surface area contributed by atoms with Crippen molar-refractivity contribution in [2.24, 2.45) is 11.8 Å². The molecule has 1 unspecified atom stereocenters. The van der Waals surface area contributed by atoms with Crippen LogP contribution < -0.4 is 11.3 Å². The van der Waals surface area contributed by atoms with Crippen molar-refractivity contribution < 1.29 is 0 Å². The Bertz CT molecular complexity index is 138. The second-order valence-electron chi connectivity index (χ2n) is 3.60. The summed E-state index contributed by atoms with van der Waals surface area (Å²) in [5, 5.41) is 0. The Kier molecular flexibility index (Phi) is 3.09. The highest BCUT2D eigenvalue weighted by Crippen LogP contribution is 2.31. The molecule has 1 atom stereocenters. The van der Waals surface area contributed by atoms with Crippen LogP contribution in [0.5, 0.6) is 0 Å². The first-order chi connectivity index (χ1) is 5.24. The lowest BCUT2D eigenvalue weighted by molar-refractivity contribution is 0.272. The average Bonchev–Trinajstić information content (AvgIpc) is 1.85. The topological polar surface area (TPSA) is 38.0 Å². The molecule has 0 aromatic heterocycles. The fourth-order valence-corrected chi connectivity index (χ4v) is 1.47. The van der Waals surface area contributed by atoms with E-state index in [2.05, 4.69) is 12.0 Å². The molecule has 0 spiro atoms. The standard InChI is InChI=1S/C9H18N2/c1-7(2)9(11-10)6-8-4-3-5-8/h8-9,11H,1,3-6,10H2,2H3. The molecule has 2 heteroatoms. The second-order valence-corrected chi connectivity index (χ2v) is 3.60. The molecule has 1 aliphatic carbocycles. The summed E-state index contributed by atoms with van der Waals surface area (Å²) in [6.45, 7) is 5.93. The highest BCUT2D eigenvalue weighted by molar-refractivity contribution is 5.01. The van der Waals surface area contributed by atoms with Gasteiger partial charge in [0.2, 0.25) is 0 Å². The van der Waals surface area contributed by atoms with Gasteiger partial charge in [0.15, 0.2) is 0 Å². The molecule has 0 bridgehead atoms. The largest absolute Gasteiger partial charge is 0.271 e. The lowest BCUT2D eigenvalue weighted by atomic mass is 9.80. The van der Waals surface area contributed by atoms with E-state index in [0.29, 0.717) is 6.04 Å². The first kappa shape index (κ1) is 8.75. The number of nitrogens with one attached hydrogen (secondary N) is 1.